The zero-order chi connectivity index (χ0) is 23.0. The molecule has 0 unspecified atom stereocenters. The SMILES string of the molecule is CCOC(=O)N1CCc2nc(C3(c4ccc(C(=O)Nc5ccccc5N)cc4)CC3)sc2C1. The predicted octanol–water partition coefficient (Wildman–Crippen LogP) is 4.57. The number of fused-ring (bicyclic) bond motifs is 1. The molecule has 3 N–H and O–H groups in total. The molecule has 1 fully saturated rings. The third-order valence-corrected chi connectivity index (χ3v) is 7.61. The van der Waals surface area contributed by atoms with Crippen LogP contribution in [0.2, 0.25) is 0 Å². The Bertz CT molecular complexity index is 1200. The molecule has 2 aliphatic rings. The van der Waals surface area contributed by atoms with E-state index < -0.39 is 0 Å². The maximum absolute atomic E-state index is 12.7. The summed E-state index contributed by atoms with van der Waals surface area (Å²) < 4.78 is 5.16. The molecule has 0 atom stereocenters. The van der Waals surface area contributed by atoms with Crippen molar-refractivity contribution >= 4 is 34.7 Å². The first-order valence-corrected chi connectivity index (χ1v) is 12.0. The second kappa shape index (κ2) is 8.51. The minimum Gasteiger partial charge on any atom is -0.450 e. The number of anilines is 2. The van der Waals surface area contributed by atoms with Gasteiger partial charge in [-0.1, -0.05) is 24.3 Å². The number of aromatic nitrogens is 1. The Morgan fingerprint density at radius 1 is 1.18 bits per heavy atom. The number of ether oxygens (including phenoxy) is 1. The molecule has 2 heterocycles. The quantitative estimate of drug-likeness (QED) is 0.541. The molecule has 2 amide bonds. The highest BCUT2D eigenvalue weighted by Gasteiger charge is 2.49. The van der Waals surface area contributed by atoms with Crippen molar-refractivity contribution in [3.63, 3.8) is 0 Å². The lowest BCUT2D eigenvalue weighted by molar-refractivity contribution is 0.102. The molecular formula is C25H26N4O3S. The van der Waals surface area contributed by atoms with Crippen LogP contribution >= 0.6 is 11.3 Å². The third-order valence-electron chi connectivity index (χ3n) is 6.33. The maximum atomic E-state index is 12.7. The Morgan fingerprint density at radius 2 is 1.94 bits per heavy atom. The van der Waals surface area contributed by atoms with Crippen LogP contribution in [0.5, 0.6) is 0 Å². The number of nitrogens with two attached hydrogens (primary N) is 1. The van der Waals surface area contributed by atoms with Crippen molar-refractivity contribution in [1.82, 2.24) is 9.88 Å². The van der Waals surface area contributed by atoms with Gasteiger partial charge in [-0.05, 0) is 49.6 Å². The normalized spacial score (nSPS) is 16.1. The molecule has 1 aromatic heterocycles. The van der Waals surface area contributed by atoms with Gasteiger partial charge in [0.15, 0.2) is 0 Å². The van der Waals surface area contributed by atoms with Gasteiger partial charge in [-0.25, -0.2) is 9.78 Å². The van der Waals surface area contributed by atoms with E-state index in [0.29, 0.717) is 36.6 Å². The molecule has 0 saturated heterocycles. The van der Waals surface area contributed by atoms with Gasteiger partial charge < -0.3 is 20.7 Å². The summed E-state index contributed by atoms with van der Waals surface area (Å²) in [4.78, 5) is 32.6. The molecule has 0 radical (unpaired) electrons. The topological polar surface area (TPSA) is 97.5 Å². The van der Waals surface area contributed by atoms with Crippen molar-refractivity contribution in [2.45, 2.75) is 38.1 Å². The Balaban J connectivity index is 1.32. The average Bonchev–Trinajstić information content (AvgIpc) is 3.53. The molecule has 5 rings (SSSR count). The fourth-order valence-corrected chi connectivity index (χ4v) is 5.66. The average molecular weight is 463 g/mol. The van der Waals surface area contributed by atoms with E-state index in [2.05, 4.69) is 5.32 Å². The second-order valence-corrected chi connectivity index (χ2v) is 9.54. The molecule has 1 saturated carbocycles. The first-order valence-electron chi connectivity index (χ1n) is 11.2. The van der Waals surface area contributed by atoms with E-state index in [1.165, 1.54) is 5.56 Å². The van der Waals surface area contributed by atoms with Gasteiger partial charge in [-0.15, -0.1) is 11.3 Å². The Labute approximate surface area is 196 Å². The highest BCUT2D eigenvalue weighted by atomic mass is 32.1. The lowest BCUT2D eigenvalue weighted by Gasteiger charge is -2.24. The fourth-order valence-electron chi connectivity index (χ4n) is 4.27. The van der Waals surface area contributed by atoms with Crippen LogP contribution < -0.4 is 11.1 Å². The standard InChI is InChI=1S/C25H26N4O3S/c1-2-32-24(31)29-14-11-20-21(15-29)33-23(28-20)25(12-13-25)17-9-7-16(8-10-17)22(30)27-19-6-4-3-5-18(19)26/h3-10H,2,11-15,26H2,1H3,(H,27,30). The molecular weight excluding hydrogens is 436 g/mol. The van der Waals surface area contributed by atoms with Crippen LogP contribution in [-0.2, 0) is 23.1 Å². The zero-order valence-electron chi connectivity index (χ0n) is 18.5. The summed E-state index contributed by atoms with van der Waals surface area (Å²) in [5, 5.41) is 3.97. The highest BCUT2D eigenvalue weighted by molar-refractivity contribution is 7.12. The summed E-state index contributed by atoms with van der Waals surface area (Å²) >= 11 is 1.70. The van der Waals surface area contributed by atoms with Crippen LogP contribution in [0.15, 0.2) is 48.5 Å². The number of nitrogens with zero attached hydrogens (tertiary/aromatic N) is 2. The molecule has 1 aliphatic carbocycles. The number of hydrogen-bond donors (Lipinski definition) is 2. The van der Waals surface area contributed by atoms with E-state index in [9.17, 15) is 9.59 Å². The first kappa shape index (κ1) is 21.5. The molecule has 8 heteroatoms. The minimum absolute atomic E-state index is 0.0877. The molecule has 1 aliphatic heterocycles. The molecule has 7 nitrogen and oxygen atoms in total. The van der Waals surface area contributed by atoms with Crippen molar-refractivity contribution in [3.05, 3.63) is 75.2 Å². The Morgan fingerprint density at radius 3 is 2.64 bits per heavy atom. The van der Waals surface area contributed by atoms with Gasteiger partial charge in [0.1, 0.15) is 5.01 Å². The number of carbonyl (C=O) groups is 2. The van der Waals surface area contributed by atoms with Gasteiger partial charge in [0.25, 0.3) is 5.91 Å². The van der Waals surface area contributed by atoms with E-state index in [-0.39, 0.29) is 17.4 Å². The molecule has 2 aromatic carbocycles. The van der Waals surface area contributed by atoms with Crippen molar-refractivity contribution in [2.75, 3.05) is 24.2 Å². The van der Waals surface area contributed by atoms with E-state index >= 15 is 0 Å². The van der Waals surface area contributed by atoms with Gasteiger partial charge in [0, 0.05) is 28.8 Å². The van der Waals surface area contributed by atoms with E-state index in [0.717, 1.165) is 34.8 Å². The summed E-state index contributed by atoms with van der Waals surface area (Å²) in [6.07, 6.45) is 2.56. The van der Waals surface area contributed by atoms with Gasteiger partial charge in [0.05, 0.1) is 30.2 Å². The smallest absolute Gasteiger partial charge is 0.410 e. The Hall–Kier alpha value is -3.39. The van der Waals surface area contributed by atoms with Crippen molar-refractivity contribution in [3.8, 4) is 0 Å². The highest BCUT2D eigenvalue weighted by Crippen LogP contribution is 2.55. The molecule has 0 spiro atoms. The van der Waals surface area contributed by atoms with Crippen LogP contribution in [0.25, 0.3) is 0 Å². The summed E-state index contributed by atoms with van der Waals surface area (Å²) in [6.45, 7) is 3.40. The monoisotopic (exact) mass is 462 g/mol. The number of hydrogen-bond acceptors (Lipinski definition) is 6. The van der Waals surface area contributed by atoms with Crippen molar-refractivity contribution in [2.24, 2.45) is 0 Å². The Kier molecular flexibility index (Phi) is 5.54. The van der Waals surface area contributed by atoms with Crippen molar-refractivity contribution < 1.29 is 14.3 Å². The van der Waals surface area contributed by atoms with Gasteiger partial charge in [-0.3, -0.25) is 4.79 Å². The van der Waals surface area contributed by atoms with Crippen LogP contribution in [0.1, 0.15) is 51.3 Å². The largest absolute Gasteiger partial charge is 0.450 e. The number of amides is 2. The van der Waals surface area contributed by atoms with Gasteiger partial charge in [0.2, 0.25) is 0 Å². The lowest BCUT2D eigenvalue weighted by Crippen LogP contribution is -2.35. The fraction of sp³-hybridized carbons (Fsp3) is 0.320. The predicted molar refractivity (Wildman–Crippen MR) is 129 cm³/mol. The van der Waals surface area contributed by atoms with Crippen LogP contribution in [0.3, 0.4) is 0 Å². The molecule has 3 aromatic rings. The van der Waals surface area contributed by atoms with Crippen LogP contribution in [0.4, 0.5) is 16.2 Å². The number of carbonyl (C=O) groups excluding carboxylic acids is 2. The number of rotatable bonds is 5. The number of nitrogen functional groups attached to an aromatic ring is 1. The number of benzene rings is 2. The van der Waals surface area contributed by atoms with E-state index in [1.54, 1.807) is 28.4 Å². The minimum atomic E-state index is -0.259. The van der Waals surface area contributed by atoms with Crippen LogP contribution in [0, 0.1) is 0 Å². The summed E-state index contributed by atoms with van der Waals surface area (Å²) in [7, 11) is 0. The third kappa shape index (κ3) is 4.06. The van der Waals surface area contributed by atoms with Crippen LogP contribution in [-0.4, -0.2) is 35.0 Å². The summed E-state index contributed by atoms with van der Waals surface area (Å²) in [6, 6.07) is 15.0. The van der Waals surface area contributed by atoms with Crippen molar-refractivity contribution in [1.29, 1.82) is 0 Å². The van der Waals surface area contributed by atoms with E-state index in [4.69, 9.17) is 15.5 Å². The number of thiazole rings is 1. The number of para-hydroxylation sites is 2. The summed E-state index contributed by atoms with van der Waals surface area (Å²) in [5.41, 5.74) is 9.84. The van der Waals surface area contributed by atoms with Gasteiger partial charge in [-0.2, -0.15) is 0 Å². The second-order valence-electron chi connectivity index (χ2n) is 8.46. The first-order chi connectivity index (χ1) is 16.0. The molecule has 170 valence electrons. The molecule has 0 bridgehead atoms. The lowest BCUT2D eigenvalue weighted by atomic mass is 9.95. The number of nitrogens with one attached hydrogen (secondary N) is 1. The van der Waals surface area contributed by atoms with Gasteiger partial charge >= 0.3 is 6.09 Å². The van der Waals surface area contributed by atoms with E-state index in [1.807, 2.05) is 43.3 Å². The molecule has 33 heavy (non-hydrogen) atoms. The maximum Gasteiger partial charge on any atom is 0.410 e. The summed E-state index contributed by atoms with van der Waals surface area (Å²) in [5.74, 6) is -0.187. The zero-order valence-corrected chi connectivity index (χ0v) is 19.3.